The maximum absolute atomic E-state index is 4.71. The standard InChI is InChI=1S/C24H23NS/c1-15(2)18-5-7-19(8-6-18)23-13-21-12-22(25-14-24(21)26-23)20-10-16(3)9-17(4)11-20/h5-15H,1-4H3. The predicted octanol–water partition coefficient (Wildman–Crippen LogP) is 7.37. The molecule has 0 fully saturated rings. The molecule has 130 valence electrons. The fourth-order valence-electron chi connectivity index (χ4n) is 3.40. The van der Waals surface area contributed by atoms with Crippen LogP contribution in [0.3, 0.4) is 0 Å². The van der Waals surface area contributed by atoms with E-state index in [0.29, 0.717) is 5.92 Å². The maximum atomic E-state index is 4.71. The van der Waals surface area contributed by atoms with Crippen LogP contribution in [0.1, 0.15) is 36.5 Å². The first-order valence-electron chi connectivity index (χ1n) is 9.08. The summed E-state index contributed by atoms with van der Waals surface area (Å²) in [6.45, 7) is 8.74. The van der Waals surface area contributed by atoms with Crippen molar-refractivity contribution in [1.29, 1.82) is 0 Å². The number of aromatic nitrogens is 1. The van der Waals surface area contributed by atoms with Crippen molar-refractivity contribution in [2.24, 2.45) is 0 Å². The van der Waals surface area contributed by atoms with Crippen molar-refractivity contribution in [1.82, 2.24) is 4.98 Å². The highest BCUT2D eigenvalue weighted by Crippen LogP contribution is 2.35. The Balaban J connectivity index is 1.73. The first-order chi connectivity index (χ1) is 12.5. The van der Waals surface area contributed by atoms with E-state index >= 15 is 0 Å². The van der Waals surface area contributed by atoms with Crippen LogP contribution in [0.2, 0.25) is 0 Å². The highest BCUT2D eigenvalue weighted by atomic mass is 32.1. The molecule has 0 radical (unpaired) electrons. The first kappa shape index (κ1) is 17.0. The Kier molecular flexibility index (Phi) is 4.37. The average molecular weight is 358 g/mol. The summed E-state index contributed by atoms with van der Waals surface area (Å²) in [4.78, 5) is 6.01. The molecule has 2 aromatic carbocycles. The summed E-state index contributed by atoms with van der Waals surface area (Å²) >= 11 is 1.81. The van der Waals surface area contributed by atoms with Gasteiger partial charge in [-0.2, -0.15) is 0 Å². The molecule has 0 bridgehead atoms. The van der Waals surface area contributed by atoms with Gasteiger partial charge in [0.1, 0.15) is 0 Å². The molecule has 0 saturated carbocycles. The first-order valence-corrected chi connectivity index (χ1v) is 9.90. The minimum atomic E-state index is 0.566. The average Bonchev–Trinajstić information content (AvgIpc) is 3.04. The van der Waals surface area contributed by atoms with E-state index in [1.165, 1.54) is 42.8 Å². The second-order valence-corrected chi connectivity index (χ2v) is 8.45. The number of nitrogens with zero attached hydrogens (tertiary/aromatic N) is 1. The van der Waals surface area contributed by atoms with Gasteiger partial charge in [-0.1, -0.05) is 55.3 Å². The van der Waals surface area contributed by atoms with Crippen LogP contribution in [0.4, 0.5) is 0 Å². The lowest BCUT2D eigenvalue weighted by Crippen LogP contribution is -1.85. The lowest BCUT2D eigenvalue weighted by atomic mass is 10.0. The molecule has 4 rings (SSSR count). The van der Waals surface area contributed by atoms with Gasteiger partial charge in [-0.25, -0.2) is 0 Å². The topological polar surface area (TPSA) is 12.9 Å². The van der Waals surface area contributed by atoms with E-state index in [-0.39, 0.29) is 0 Å². The van der Waals surface area contributed by atoms with Gasteiger partial charge >= 0.3 is 0 Å². The third-order valence-corrected chi connectivity index (χ3v) is 5.92. The summed E-state index contributed by atoms with van der Waals surface area (Å²) in [6, 6.07) is 20.1. The molecule has 0 aliphatic heterocycles. The molecule has 26 heavy (non-hydrogen) atoms. The molecule has 0 saturated heterocycles. The largest absolute Gasteiger partial charge is 0.255 e. The summed E-state index contributed by atoms with van der Waals surface area (Å²) < 4.78 is 1.24. The van der Waals surface area contributed by atoms with Crippen LogP contribution in [0.25, 0.3) is 31.8 Å². The van der Waals surface area contributed by atoms with Gasteiger partial charge in [0.05, 0.1) is 10.4 Å². The second kappa shape index (κ2) is 6.69. The second-order valence-electron chi connectivity index (χ2n) is 7.37. The van der Waals surface area contributed by atoms with Gasteiger partial charge in [-0.15, -0.1) is 11.3 Å². The van der Waals surface area contributed by atoms with Crippen LogP contribution in [-0.4, -0.2) is 4.98 Å². The Bertz CT molecular complexity index is 1050. The number of rotatable bonds is 3. The van der Waals surface area contributed by atoms with Crippen LogP contribution >= 0.6 is 11.3 Å². The molecule has 2 heteroatoms. The molecule has 2 heterocycles. The highest BCUT2D eigenvalue weighted by molar-refractivity contribution is 7.22. The molecule has 4 aromatic rings. The molecule has 0 spiro atoms. The summed E-state index contributed by atoms with van der Waals surface area (Å²) in [5.41, 5.74) is 7.45. The summed E-state index contributed by atoms with van der Waals surface area (Å²) in [5.74, 6) is 0.566. The zero-order chi connectivity index (χ0) is 18.3. The van der Waals surface area contributed by atoms with Crippen LogP contribution in [0, 0.1) is 13.8 Å². The van der Waals surface area contributed by atoms with Crippen LogP contribution in [-0.2, 0) is 0 Å². The molecule has 0 atom stereocenters. The molecule has 0 N–H and O–H groups in total. The van der Waals surface area contributed by atoms with E-state index in [2.05, 4.69) is 82.3 Å². The van der Waals surface area contributed by atoms with Gasteiger partial charge in [-0.3, -0.25) is 4.98 Å². The maximum Gasteiger partial charge on any atom is 0.0709 e. The van der Waals surface area contributed by atoms with Gasteiger partial charge in [0.25, 0.3) is 0 Å². The number of hydrogen-bond acceptors (Lipinski definition) is 2. The van der Waals surface area contributed by atoms with Crippen LogP contribution in [0.5, 0.6) is 0 Å². The van der Waals surface area contributed by atoms with Crippen molar-refractivity contribution in [3.63, 3.8) is 0 Å². The van der Waals surface area contributed by atoms with Gasteiger partial charge in [0.2, 0.25) is 0 Å². The molecular weight excluding hydrogens is 334 g/mol. The van der Waals surface area contributed by atoms with Crippen molar-refractivity contribution in [3.05, 3.63) is 77.5 Å². The van der Waals surface area contributed by atoms with Gasteiger partial charge in [0, 0.05) is 16.6 Å². The van der Waals surface area contributed by atoms with Crippen molar-refractivity contribution in [2.45, 2.75) is 33.6 Å². The van der Waals surface area contributed by atoms with E-state index in [9.17, 15) is 0 Å². The summed E-state index contributed by atoms with van der Waals surface area (Å²) in [6.07, 6.45) is 2.01. The Morgan fingerprint density at radius 3 is 2.15 bits per heavy atom. The van der Waals surface area contributed by atoms with Crippen LogP contribution < -0.4 is 0 Å². The SMILES string of the molecule is Cc1cc(C)cc(-c2cc3cc(-c4ccc(C(C)C)cc4)sc3cn2)c1. The number of thiophene rings is 1. The Morgan fingerprint density at radius 2 is 1.50 bits per heavy atom. The molecule has 0 unspecified atom stereocenters. The molecule has 0 aliphatic carbocycles. The molecule has 2 aromatic heterocycles. The minimum Gasteiger partial charge on any atom is -0.255 e. The molecule has 0 amide bonds. The van der Waals surface area contributed by atoms with Gasteiger partial charge in [0.15, 0.2) is 0 Å². The summed E-state index contributed by atoms with van der Waals surface area (Å²) in [7, 11) is 0. The lowest BCUT2D eigenvalue weighted by Gasteiger charge is -2.05. The monoisotopic (exact) mass is 357 g/mol. The number of benzene rings is 2. The van der Waals surface area contributed by atoms with Crippen molar-refractivity contribution >= 4 is 21.4 Å². The van der Waals surface area contributed by atoms with Crippen LogP contribution in [0.15, 0.2) is 60.8 Å². The fraction of sp³-hybridized carbons (Fsp3) is 0.208. The quantitative estimate of drug-likeness (QED) is 0.373. The van der Waals surface area contributed by atoms with Gasteiger partial charge < -0.3 is 0 Å². The third-order valence-electron chi connectivity index (χ3n) is 4.78. The van der Waals surface area contributed by atoms with Crippen molar-refractivity contribution in [2.75, 3.05) is 0 Å². The smallest absolute Gasteiger partial charge is 0.0709 e. The minimum absolute atomic E-state index is 0.566. The van der Waals surface area contributed by atoms with E-state index < -0.39 is 0 Å². The number of aryl methyl sites for hydroxylation is 2. The Labute approximate surface area is 159 Å². The van der Waals surface area contributed by atoms with E-state index in [0.717, 1.165) is 5.69 Å². The molecule has 0 aliphatic rings. The van der Waals surface area contributed by atoms with Crippen molar-refractivity contribution < 1.29 is 0 Å². The number of hydrogen-bond donors (Lipinski definition) is 0. The van der Waals surface area contributed by atoms with E-state index in [1.807, 2.05) is 17.5 Å². The number of fused-ring (bicyclic) bond motifs is 1. The fourth-order valence-corrected chi connectivity index (χ4v) is 4.42. The highest BCUT2D eigenvalue weighted by Gasteiger charge is 2.08. The van der Waals surface area contributed by atoms with Crippen molar-refractivity contribution in [3.8, 4) is 21.7 Å². The Hall–Kier alpha value is -2.45. The molecule has 1 nitrogen and oxygen atoms in total. The zero-order valence-corrected chi connectivity index (χ0v) is 16.5. The van der Waals surface area contributed by atoms with E-state index in [1.54, 1.807) is 0 Å². The Morgan fingerprint density at radius 1 is 0.808 bits per heavy atom. The number of pyridine rings is 1. The van der Waals surface area contributed by atoms with Gasteiger partial charge in [-0.05, 0) is 60.5 Å². The molecular formula is C24H23NS. The predicted molar refractivity (Wildman–Crippen MR) is 114 cm³/mol. The lowest BCUT2D eigenvalue weighted by molar-refractivity contribution is 0.867. The third kappa shape index (κ3) is 3.30. The zero-order valence-electron chi connectivity index (χ0n) is 15.7. The normalized spacial score (nSPS) is 11.4. The van der Waals surface area contributed by atoms with E-state index in [4.69, 9.17) is 4.98 Å². The summed E-state index contributed by atoms with van der Waals surface area (Å²) in [5, 5.41) is 1.27.